The number of aromatic nitrogens is 1. The van der Waals surface area contributed by atoms with E-state index < -0.39 is 21.5 Å². The summed E-state index contributed by atoms with van der Waals surface area (Å²) in [6.07, 6.45) is 8.89. The van der Waals surface area contributed by atoms with Gasteiger partial charge in [0.2, 0.25) is 5.91 Å². The van der Waals surface area contributed by atoms with E-state index in [1.54, 1.807) is 13.2 Å². The van der Waals surface area contributed by atoms with E-state index in [1.165, 1.54) is 50.9 Å². The van der Waals surface area contributed by atoms with Crippen LogP contribution in [0, 0.1) is 5.41 Å². The number of amides is 2. The summed E-state index contributed by atoms with van der Waals surface area (Å²) >= 11 is 0. The molecule has 3 aliphatic heterocycles. The van der Waals surface area contributed by atoms with Gasteiger partial charge in [0.15, 0.2) is 0 Å². The molecule has 3 atom stereocenters. The summed E-state index contributed by atoms with van der Waals surface area (Å²) in [5.41, 5.74) is 5.33. The van der Waals surface area contributed by atoms with Crippen LogP contribution in [0.1, 0.15) is 84.7 Å². The molecule has 3 aromatic rings. The number of benzene rings is 2. The molecule has 11 heteroatoms. The molecule has 0 radical (unpaired) electrons. The minimum Gasteiger partial charge on any atom is -0.497 e. The van der Waals surface area contributed by atoms with Crippen LogP contribution in [0.2, 0.25) is 0 Å². The van der Waals surface area contributed by atoms with Crippen molar-refractivity contribution in [2.24, 2.45) is 5.41 Å². The number of hydrogen-bond donors (Lipinski definition) is 1. The molecule has 4 heterocycles. The molecule has 2 saturated carbocycles. The lowest BCUT2D eigenvalue weighted by Crippen LogP contribution is -2.54. The number of methoxy groups -OCH3 is 1. The molecule has 1 N–H and O–H groups in total. The molecule has 2 amide bonds. The number of ether oxygens (including phenoxy) is 1. The van der Waals surface area contributed by atoms with Crippen molar-refractivity contribution >= 4 is 32.9 Å². The van der Waals surface area contributed by atoms with Crippen LogP contribution in [0.15, 0.2) is 36.4 Å². The lowest BCUT2D eigenvalue weighted by Gasteiger charge is -2.39. The predicted molar refractivity (Wildman–Crippen MR) is 181 cm³/mol. The van der Waals surface area contributed by atoms with E-state index in [2.05, 4.69) is 31.2 Å². The Balaban J connectivity index is 1.30. The number of nitrogens with zero attached hydrogens (tertiary/aromatic N) is 4. The number of rotatable bonds is 6. The molecule has 2 aliphatic carbocycles. The second kappa shape index (κ2) is 11.3. The average Bonchev–Trinajstić information content (AvgIpc) is 3.49. The summed E-state index contributed by atoms with van der Waals surface area (Å²) in [7, 11) is 0.517. The van der Waals surface area contributed by atoms with Gasteiger partial charge >= 0.3 is 10.2 Å². The number of carbonyl (C=O) groups is 2. The largest absolute Gasteiger partial charge is 0.497 e. The summed E-state index contributed by atoms with van der Waals surface area (Å²) in [4.78, 5) is 32.8. The number of carbonyl (C=O) groups excluding carboxylic acids is 2. The van der Waals surface area contributed by atoms with Crippen LogP contribution in [-0.4, -0.2) is 92.3 Å². The summed E-state index contributed by atoms with van der Waals surface area (Å²) in [5.74, 6) is 0.804. The van der Waals surface area contributed by atoms with Gasteiger partial charge in [-0.2, -0.15) is 12.7 Å². The number of hydrogen-bond acceptors (Lipinski definition) is 6. The summed E-state index contributed by atoms with van der Waals surface area (Å²) < 4.78 is 36.4. The topological polar surface area (TPSA) is 104 Å². The zero-order valence-electron chi connectivity index (χ0n) is 27.6. The molecule has 250 valence electrons. The van der Waals surface area contributed by atoms with Crippen LogP contribution in [0.4, 0.5) is 0 Å². The van der Waals surface area contributed by atoms with E-state index in [-0.39, 0.29) is 17.4 Å². The first kappa shape index (κ1) is 30.9. The molecule has 0 spiro atoms. The van der Waals surface area contributed by atoms with Crippen molar-refractivity contribution in [2.75, 3.05) is 47.4 Å². The average molecular weight is 660 g/mol. The summed E-state index contributed by atoms with van der Waals surface area (Å²) in [5, 5.41) is 1.09. The Labute approximate surface area is 277 Å². The number of nitrogens with one attached hydrogen (secondary N) is 1. The highest BCUT2D eigenvalue weighted by molar-refractivity contribution is 7.87. The van der Waals surface area contributed by atoms with Crippen molar-refractivity contribution in [2.45, 2.75) is 75.8 Å². The third kappa shape index (κ3) is 4.99. The molecular weight excluding hydrogens is 614 g/mol. The van der Waals surface area contributed by atoms with Gasteiger partial charge in [0.25, 0.3) is 5.91 Å². The van der Waals surface area contributed by atoms with Gasteiger partial charge < -0.3 is 14.2 Å². The molecular formula is C36H45N5O5S. The van der Waals surface area contributed by atoms with Gasteiger partial charge in [0, 0.05) is 74.3 Å². The molecule has 0 bridgehead atoms. The molecule has 4 fully saturated rings. The van der Waals surface area contributed by atoms with E-state index in [9.17, 15) is 18.0 Å². The number of fused-ring (bicyclic) bond motifs is 8. The zero-order chi connectivity index (χ0) is 32.7. The fourth-order valence-corrected chi connectivity index (χ4v) is 9.71. The lowest BCUT2D eigenvalue weighted by molar-refractivity contribution is -0.140. The first-order valence-corrected chi connectivity index (χ1v) is 18.7. The van der Waals surface area contributed by atoms with Crippen LogP contribution in [0.25, 0.3) is 22.2 Å². The fraction of sp³-hybridized carbons (Fsp3) is 0.556. The minimum atomic E-state index is -3.96. The highest BCUT2D eigenvalue weighted by atomic mass is 32.2. The zero-order valence-corrected chi connectivity index (χ0v) is 28.4. The van der Waals surface area contributed by atoms with E-state index in [1.807, 2.05) is 18.2 Å². The third-order valence-electron chi connectivity index (χ3n) is 11.8. The Morgan fingerprint density at radius 2 is 1.79 bits per heavy atom. The van der Waals surface area contributed by atoms with Gasteiger partial charge in [-0.3, -0.25) is 14.5 Å². The second-order valence-electron chi connectivity index (χ2n) is 14.6. The van der Waals surface area contributed by atoms with Gasteiger partial charge in [0.1, 0.15) is 5.75 Å². The van der Waals surface area contributed by atoms with Crippen molar-refractivity contribution in [3.05, 3.63) is 53.1 Å². The van der Waals surface area contributed by atoms with E-state index >= 15 is 0 Å². The molecule has 2 saturated heterocycles. The van der Waals surface area contributed by atoms with E-state index in [0.29, 0.717) is 18.5 Å². The first-order chi connectivity index (χ1) is 22.6. The maximum absolute atomic E-state index is 14.8. The fourth-order valence-electron chi connectivity index (χ4n) is 9.18. The molecule has 2 aromatic carbocycles. The van der Waals surface area contributed by atoms with Crippen LogP contribution in [0.5, 0.6) is 5.75 Å². The molecule has 1 aromatic heterocycles. The maximum Gasteiger partial charge on any atom is 0.303 e. The number of piperazine rings is 1. The minimum absolute atomic E-state index is 0.0765. The molecule has 5 aliphatic rings. The van der Waals surface area contributed by atoms with Gasteiger partial charge in [-0.25, -0.2) is 4.72 Å². The summed E-state index contributed by atoms with van der Waals surface area (Å²) in [6.45, 7) is 4.13. The van der Waals surface area contributed by atoms with Crippen LogP contribution >= 0.6 is 0 Å². The van der Waals surface area contributed by atoms with Gasteiger partial charge in [-0.05, 0) is 86.0 Å². The Morgan fingerprint density at radius 3 is 2.55 bits per heavy atom. The van der Waals surface area contributed by atoms with Crippen molar-refractivity contribution in [3.63, 3.8) is 0 Å². The van der Waals surface area contributed by atoms with E-state index in [4.69, 9.17) is 4.74 Å². The van der Waals surface area contributed by atoms with Crippen LogP contribution in [-0.2, 0) is 21.5 Å². The van der Waals surface area contributed by atoms with Crippen molar-refractivity contribution in [1.82, 2.24) is 23.4 Å². The SMILES string of the molecule is COc1ccc2c(c1)[C@@H]1C[C@]1(C(=O)N1CCN3CCC[C@H]3C1)Cn1c-2c(C2CCCCC2)c2ccc(C(=O)NS(=O)(=O)N(C)C)cc21. The van der Waals surface area contributed by atoms with Crippen molar-refractivity contribution in [1.29, 1.82) is 0 Å². The Hall–Kier alpha value is -3.41. The molecule has 47 heavy (non-hydrogen) atoms. The van der Waals surface area contributed by atoms with Crippen molar-refractivity contribution in [3.8, 4) is 17.0 Å². The van der Waals surface area contributed by atoms with Gasteiger partial charge in [-0.1, -0.05) is 25.3 Å². The third-order valence-corrected chi connectivity index (χ3v) is 13.2. The van der Waals surface area contributed by atoms with E-state index in [0.717, 1.165) is 84.1 Å². The Bertz CT molecular complexity index is 1880. The smallest absolute Gasteiger partial charge is 0.303 e. The van der Waals surface area contributed by atoms with Crippen LogP contribution < -0.4 is 9.46 Å². The molecule has 10 nitrogen and oxygen atoms in total. The summed E-state index contributed by atoms with van der Waals surface area (Å²) in [6, 6.07) is 12.4. The standard InChI is InChI=1S/C36H45N5O5S/c1-38(2)47(44,45)37-34(42)24-11-13-28-31(18-24)41-22-36(35(43)40-17-16-39-15-7-10-25(39)21-40)20-30(36)29-19-26(46-3)12-14-27(29)33(41)32(28)23-8-5-4-6-9-23/h11-14,18-19,23,25,30H,4-10,15-17,20-22H2,1-3H3,(H,37,42)/t25-,30-,36-/m0/s1. The lowest BCUT2D eigenvalue weighted by atomic mass is 9.81. The first-order valence-electron chi connectivity index (χ1n) is 17.2. The quantitative estimate of drug-likeness (QED) is 0.412. The highest BCUT2D eigenvalue weighted by Crippen LogP contribution is 2.66. The molecule has 8 rings (SSSR count). The predicted octanol–water partition coefficient (Wildman–Crippen LogP) is 4.69. The normalized spacial score (nSPS) is 25.9. The maximum atomic E-state index is 14.8. The monoisotopic (exact) mass is 659 g/mol. The van der Waals surface area contributed by atoms with Gasteiger partial charge in [0.05, 0.1) is 18.2 Å². The van der Waals surface area contributed by atoms with Crippen LogP contribution in [0.3, 0.4) is 0 Å². The Morgan fingerprint density at radius 1 is 0.979 bits per heavy atom. The molecule has 0 unspecified atom stereocenters. The van der Waals surface area contributed by atoms with Gasteiger partial charge in [-0.15, -0.1) is 0 Å². The second-order valence-corrected chi connectivity index (χ2v) is 16.5. The highest BCUT2D eigenvalue weighted by Gasteiger charge is 2.64. The Kier molecular flexibility index (Phi) is 7.46. The van der Waals surface area contributed by atoms with Crippen molar-refractivity contribution < 1.29 is 22.7 Å².